The highest BCUT2D eigenvalue weighted by Crippen LogP contribution is 2.37. The molecule has 2 heterocycles. The summed E-state index contributed by atoms with van der Waals surface area (Å²) < 4.78 is 6.06. The lowest BCUT2D eigenvalue weighted by molar-refractivity contribution is 0.537. The van der Waals surface area contributed by atoms with Crippen LogP contribution in [-0.4, -0.2) is 10.8 Å². The highest BCUT2D eigenvalue weighted by Gasteiger charge is 2.18. The minimum atomic E-state index is 0.0840. The molecule has 3 aromatic carbocycles. The highest BCUT2D eigenvalue weighted by atomic mass is 16.3. The van der Waals surface area contributed by atoms with Gasteiger partial charge in [0.05, 0.1) is 5.39 Å². The van der Waals surface area contributed by atoms with Crippen molar-refractivity contribution in [1.82, 2.24) is 4.98 Å². The summed E-state index contributed by atoms with van der Waals surface area (Å²) in [5, 5.41) is 13.3. The molecule has 144 valence electrons. The van der Waals surface area contributed by atoms with Gasteiger partial charge in [0.25, 0.3) is 0 Å². The van der Waals surface area contributed by atoms with Gasteiger partial charge in [-0.05, 0) is 45.8 Å². The standard InChI is InChI=1S/C26H19N3O/c27-25(28)17-10-11-20-15(12-17)4-3-6-19(20)16-8-9-18-14-29-26-24(22(18)13-16)21-5-1-2-7-23(21)30-26/h1,3-6,8-14H,2,7H2,(H3,27,28). The molecule has 4 nitrogen and oxygen atoms in total. The first-order valence-corrected chi connectivity index (χ1v) is 10.1. The third kappa shape index (κ3) is 2.47. The average Bonchev–Trinajstić information content (AvgIpc) is 3.17. The smallest absolute Gasteiger partial charge is 0.227 e. The molecule has 1 aliphatic rings. The predicted molar refractivity (Wildman–Crippen MR) is 123 cm³/mol. The van der Waals surface area contributed by atoms with Crippen LogP contribution in [0.4, 0.5) is 0 Å². The van der Waals surface area contributed by atoms with E-state index >= 15 is 0 Å². The SMILES string of the molecule is N=C(N)c1ccc2c(-c3ccc4cnc5oc6c(c5c4c3)C=CCC6)cccc2c1. The van der Waals surface area contributed by atoms with Crippen molar-refractivity contribution < 1.29 is 4.42 Å². The number of hydrogen-bond donors (Lipinski definition) is 2. The van der Waals surface area contributed by atoms with Crippen LogP contribution in [0.2, 0.25) is 0 Å². The number of pyridine rings is 1. The largest absolute Gasteiger partial charge is 0.442 e. The van der Waals surface area contributed by atoms with Gasteiger partial charge in [0.15, 0.2) is 0 Å². The number of fused-ring (bicyclic) bond motifs is 6. The molecule has 30 heavy (non-hydrogen) atoms. The molecule has 0 aliphatic heterocycles. The van der Waals surface area contributed by atoms with E-state index in [1.165, 1.54) is 0 Å². The lowest BCUT2D eigenvalue weighted by atomic mass is 9.94. The third-order valence-corrected chi connectivity index (χ3v) is 5.97. The monoisotopic (exact) mass is 389 g/mol. The first-order chi connectivity index (χ1) is 14.7. The number of nitrogens with two attached hydrogens (primary N) is 1. The molecule has 2 aromatic heterocycles. The first-order valence-electron chi connectivity index (χ1n) is 10.1. The Balaban J connectivity index is 1.62. The minimum Gasteiger partial charge on any atom is -0.442 e. The molecule has 4 heteroatoms. The van der Waals surface area contributed by atoms with Gasteiger partial charge in [0, 0.05) is 29.1 Å². The van der Waals surface area contributed by atoms with Crippen LogP contribution < -0.4 is 5.73 Å². The summed E-state index contributed by atoms with van der Waals surface area (Å²) in [5.41, 5.74) is 10.6. The molecule has 0 fully saturated rings. The van der Waals surface area contributed by atoms with Gasteiger partial charge >= 0.3 is 0 Å². The van der Waals surface area contributed by atoms with E-state index < -0.39 is 0 Å². The average molecular weight is 389 g/mol. The van der Waals surface area contributed by atoms with Crippen LogP contribution in [0.1, 0.15) is 23.3 Å². The molecule has 0 atom stereocenters. The minimum absolute atomic E-state index is 0.0840. The zero-order chi connectivity index (χ0) is 20.2. The molecular weight excluding hydrogens is 370 g/mol. The van der Waals surface area contributed by atoms with Crippen LogP contribution in [-0.2, 0) is 6.42 Å². The lowest BCUT2D eigenvalue weighted by Gasteiger charge is -2.10. The number of nitrogens with one attached hydrogen (secondary N) is 1. The molecule has 1 aliphatic carbocycles. The van der Waals surface area contributed by atoms with E-state index in [2.05, 4.69) is 59.6 Å². The van der Waals surface area contributed by atoms with E-state index in [-0.39, 0.29) is 5.84 Å². The number of aryl methyl sites for hydroxylation is 1. The number of hydrogen-bond acceptors (Lipinski definition) is 3. The van der Waals surface area contributed by atoms with Gasteiger partial charge in [-0.15, -0.1) is 0 Å². The molecule has 6 rings (SSSR count). The topological polar surface area (TPSA) is 75.9 Å². The van der Waals surface area contributed by atoms with Crippen LogP contribution in [0.5, 0.6) is 0 Å². The summed E-state index contributed by atoms with van der Waals surface area (Å²) in [6.07, 6.45) is 8.19. The molecule has 0 saturated heterocycles. The van der Waals surface area contributed by atoms with Crippen molar-refractivity contribution in [3.8, 4) is 11.1 Å². The van der Waals surface area contributed by atoms with Crippen LogP contribution in [0.25, 0.3) is 49.8 Å². The summed E-state index contributed by atoms with van der Waals surface area (Å²) in [7, 11) is 0. The maximum absolute atomic E-state index is 7.71. The van der Waals surface area contributed by atoms with Crippen molar-refractivity contribution in [2.45, 2.75) is 12.8 Å². The molecule has 3 N–H and O–H groups in total. The first kappa shape index (κ1) is 17.0. The number of nitrogens with zero attached hydrogens (tertiary/aromatic N) is 1. The Bertz CT molecular complexity index is 1520. The van der Waals surface area contributed by atoms with Gasteiger partial charge in [-0.3, -0.25) is 5.41 Å². The van der Waals surface area contributed by atoms with Crippen molar-refractivity contribution in [3.63, 3.8) is 0 Å². The fraction of sp³-hybridized carbons (Fsp3) is 0.0769. The number of aromatic nitrogens is 1. The van der Waals surface area contributed by atoms with E-state index in [0.29, 0.717) is 5.71 Å². The predicted octanol–water partition coefficient (Wildman–Crippen LogP) is 6.04. The molecule has 0 unspecified atom stereocenters. The van der Waals surface area contributed by atoms with Crippen LogP contribution in [0.3, 0.4) is 0 Å². The van der Waals surface area contributed by atoms with Gasteiger partial charge in [0.1, 0.15) is 11.6 Å². The van der Waals surface area contributed by atoms with Crippen molar-refractivity contribution >= 4 is 44.6 Å². The molecule has 0 radical (unpaired) electrons. The second-order valence-electron chi connectivity index (χ2n) is 7.78. The van der Waals surface area contributed by atoms with Gasteiger partial charge < -0.3 is 10.2 Å². The number of nitrogen functional groups attached to an aromatic ring is 1. The number of furan rings is 1. The Kier molecular flexibility index (Phi) is 3.56. The lowest BCUT2D eigenvalue weighted by Crippen LogP contribution is -2.10. The third-order valence-electron chi connectivity index (χ3n) is 5.97. The Morgan fingerprint density at radius 2 is 1.93 bits per heavy atom. The summed E-state index contributed by atoms with van der Waals surface area (Å²) in [4.78, 5) is 4.56. The zero-order valence-electron chi connectivity index (χ0n) is 16.3. The van der Waals surface area contributed by atoms with Gasteiger partial charge in [-0.25, -0.2) is 4.98 Å². The van der Waals surface area contributed by atoms with Crippen molar-refractivity contribution in [3.05, 3.63) is 83.8 Å². The Labute approximate surface area is 173 Å². The molecule has 0 bridgehead atoms. The van der Waals surface area contributed by atoms with Crippen molar-refractivity contribution in [2.24, 2.45) is 5.73 Å². The van der Waals surface area contributed by atoms with Gasteiger partial charge in [0.2, 0.25) is 5.71 Å². The van der Waals surface area contributed by atoms with E-state index in [1.807, 2.05) is 18.3 Å². The van der Waals surface area contributed by atoms with E-state index in [0.717, 1.165) is 67.8 Å². The van der Waals surface area contributed by atoms with E-state index in [1.54, 1.807) is 0 Å². The zero-order valence-corrected chi connectivity index (χ0v) is 16.3. The highest BCUT2D eigenvalue weighted by molar-refractivity contribution is 6.11. The maximum atomic E-state index is 7.71. The normalized spacial score (nSPS) is 13.2. The number of amidine groups is 1. The Morgan fingerprint density at radius 1 is 1.00 bits per heavy atom. The van der Waals surface area contributed by atoms with E-state index in [4.69, 9.17) is 15.6 Å². The molecule has 0 spiro atoms. The fourth-order valence-electron chi connectivity index (χ4n) is 4.49. The second-order valence-corrected chi connectivity index (χ2v) is 7.78. The Hall–Kier alpha value is -3.92. The summed E-state index contributed by atoms with van der Waals surface area (Å²) in [6, 6.07) is 18.7. The number of rotatable bonds is 2. The van der Waals surface area contributed by atoms with Crippen LogP contribution in [0, 0.1) is 5.41 Å². The Morgan fingerprint density at radius 3 is 2.83 bits per heavy atom. The molecular formula is C26H19N3O. The summed E-state index contributed by atoms with van der Waals surface area (Å²) in [5.74, 6) is 1.11. The number of allylic oxidation sites excluding steroid dienone is 1. The van der Waals surface area contributed by atoms with Crippen molar-refractivity contribution in [2.75, 3.05) is 0 Å². The van der Waals surface area contributed by atoms with Crippen molar-refractivity contribution in [1.29, 1.82) is 5.41 Å². The fourth-order valence-corrected chi connectivity index (χ4v) is 4.49. The van der Waals surface area contributed by atoms with Gasteiger partial charge in [-0.1, -0.05) is 54.6 Å². The molecule has 0 amide bonds. The van der Waals surface area contributed by atoms with E-state index in [9.17, 15) is 0 Å². The summed E-state index contributed by atoms with van der Waals surface area (Å²) in [6.45, 7) is 0. The van der Waals surface area contributed by atoms with Crippen LogP contribution >= 0.6 is 0 Å². The second kappa shape index (κ2) is 6.29. The molecule has 5 aromatic rings. The van der Waals surface area contributed by atoms with Crippen LogP contribution in [0.15, 0.2) is 71.3 Å². The maximum Gasteiger partial charge on any atom is 0.227 e. The summed E-state index contributed by atoms with van der Waals surface area (Å²) >= 11 is 0. The molecule has 0 saturated carbocycles. The number of benzene rings is 3. The van der Waals surface area contributed by atoms with Gasteiger partial charge in [-0.2, -0.15) is 0 Å². The quantitative estimate of drug-likeness (QED) is 0.285.